The maximum atomic E-state index is 12.9. The smallest absolute Gasteiger partial charge is 0.417 e. The second kappa shape index (κ2) is 8.95. The Hall–Kier alpha value is -2.19. The molecule has 0 saturated carbocycles. The van der Waals surface area contributed by atoms with Crippen LogP contribution in [0.3, 0.4) is 0 Å². The molecule has 2 heterocycles. The molecule has 0 aliphatic carbocycles. The average Bonchev–Trinajstić information content (AvgIpc) is 3.00. The summed E-state index contributed by atoms with van der Waals surface area (Å²) in [4.78, 5) is 38.2. The van der Waals surface area contributed by atoms with Crippen molar-refractivity contribution in [1.82, 2.24) is 4.90 Å². The van der Waals surface area contributed by atoms with E-state index in [2.05, 4.69) is 0 Å². The third kappa shape index (κ3) is 4.31. The first-order valence-electron chi connectivity index (χ1n) is 8.63. The lowest BCUT2D eigenvalue weighted by atomic mass is 10.0. The van der Waals surface area contributed by atoms with E-state index < -0.39 is 36.0 Å². The number of nitrogens with zero attached hydrogens (tertiary/aromatic N) is 1. The van der Waals surface area contributed by atoms with Gasteiger partial charge in [0.15, 0.2) is 18.0 Å². The third-order valence-electron chi connectivity index (χ3n) is 4.35. The molecule has 0 spiro atoms. The van der Waals surface area contributed by atoms with Crippen LogP contribution in [0.25, 0.3) is 0 Å². The summed E-state index contributed by atoms with van der Waals surface area (Å²) in [6.07, 6.45) is 2.49. The standard InChI is InChI=1S/C18H25NO7/c1-11(2)13-10-25-18(23)19(13)17(22)16(24-3)15-14(21)8-7-12(26-15)6-4-5-9-20/h6-8,11,13,15-16,20H,4-5,9-10H2,1-3H3/t13-,15-,16+/m1/s1. The van der Waals surface area contributed by atoms with E-state index in [4.69, 9.17) is 19.3 Å². The number of ketones is 1. The molecule has 1 N–H and O–H groups in total. The Morgan fingerprint density at radius 2 is 2.15 bits per heavy atom. The summed E-state index contributed by atoms with van der Waals surface area (Å²) in [5.74, 6) is -0.655. The second-order valence-corrected chi connectivity index (χ2v) is 6.50. The lowest BCUT2D eigenvalue weighted by Crippen LogP contribution is -2.53. The molecular formula is C18H25NO7. The second-order valence-electron chi connectivity index (χ2n) is 6.50. The van der Waals surface area contributed by atoms with Crippen molar-refractivity contribution in [3.63, 3.8) is 0 Å². The Kier molecular flexibility index (Phi) is 6.93. The highest BCUT2D eigenvalue weighted by molar-refractivity contribution is 6.03. The SMILES string of the molecule is CO[C@H](C(=O)N1C(=O)OC[C@@H]1C(C)C)[C@@H]1OC(=CCCCO)C=CC1=O. The van der Waals surface area contributed by atoms with Crippen LogP contribution in [0.2, 0.25) is 0 Å². The molecule has 0 aromatic carbocycles. The lowest BCUT2D eigenvalue weighted by molar-refractivity contribution is -0.154. The number of carbonyl (C=O) groups is 3. The van der Waals surface area contributed by atoms with Crippen LogP contribution in [0.4, 0.5) is 4.79 Å². The number of hydrogen-bond donors (Lipinski definition) is 1. The van der Waals surface area contributed by atoms with Crippen LogP contribution in [0.5, 0.6) is 0 Å². The fourth-order valence-electron chi connectivity index (χ4n) is 2.84. The molecule has 2 aliphatic heterocycles. The van der Waals surface area contributed by atoms with Crippen molar-refractivity contribution in [1.29, 1.82) is 0 Å². The van der Waals surface area contributed by atoms with Crippen molar-refractivity contribution in [2.75, 3.05) is 20.3 Å². The van der Waals surface area contributed by atoms with Crippen molar-refractivity contribution in [2.45, 2.75) is 44.9 Å². The number of hydrogen-bond acceptors (Lipinski definition) is 7. The number of rotatable bonds is 7. The molecule has 8 nitrogen and oxygen atoms in total. The highest BCUT2D eigenvalue weighted by atomic mass is 16.6. The number of allylic oxidation sites excluding steroid dienone is 2. The predicted octanol–water partition coefficient (Wildman–Crippen LogP) is 1.19. The molecule has 0 aromatic heterocycles. The van der Waals surface area contributed by atoms with Crippen LogP contribution in [0.1, 0.15) is 26.7 Å². The average molecular weight is 367 g/mol. The van der Waals surface area contributed by atoms with Crippen LogP contribution in [0.15, 0.2) is 24.0 Å². The molecule has 8 heteroatoms. The third-order valence-corrected chi connectivity index (χ3v) is 4.35. The molecule has 1 fully saturated rings. The van der Waals surface area contributed by atoms with Gasteiger partial charge in [-0.2, -0.15) is 0 Å². The quantitative estimate of drug-likeness (QED) is 0.674. The number of aliphatic hydroxyl groups is 1. The van der Waals surface area contributed by atoms with Gasteiger partial charge in [0.05, 0.1) is 6.04 Å². The molecule has 0 aromatic rings. The van der Waals surface area contributed by atoms with Gasteiger partial charge in [-0.3, -0.25) is 9.59 Å². The van der Waals surface area contributed by atoms with Gasteiger partial charge in [0, 0.05) is 13.7 Å². The lowest BCUT2D eigenvalue weighted by Gasteiger charge is -2.31. The van der Waals surface area contributed by atoms with E-state index in [1.54, 1.807) is 6.08 Å². The molecule has 2 aliphatic rings. The summed E-state index contributed by atoms with van der Waals surface area (Å²) >= 11 is 0. The topological polar surface area (TPSA) is 102 Å². The Morgan fingerprint density at radius 1 is 1.42 bits per heavy atom. The van der Waals surface area contributed by atoms with Crippen LogP contribution in [-0.2, 0) is 23.8 Å². The van der Waals surface area contributed by atoms with Gasteiger partial charge in [-0.15, -0.1) is 0 Å². The number of aliphatic hydroxyl groups excluding tert-OH is 1. The molecule has 3 atom stereocenters. The van der Waals surface area contributed by atoms with E-state index in [0.29, 0.717) is 18.6 Å². The Morgan fingerprint density at radius 3 is 2.77 bits per heavy atom. The number of cyclic esters (lactones) is 1. The predicted molar refractivity (Wildman–Crippen MR) is 91.0 cm³/mol. The summed E-state index contributed by atoms with van der Waals surface area (Å²) in [6.45, 7) is 3.91. The van der Waals surface area contributed by atoms with Gasteiger partial charge < -0.3 is 19.3 Å². The van der Waals surface area contributed by atoms with E-state index in [1.807, 2.05) is 13.8 Å². The van der Waals surface area contributed by atoms with Gasteiger partial charge in [0.2, 0.25) is 0 Å². The molecular weight excluding hydrogens is 342 g/mol. The summed E-state index contributed by atoms with van der Waals surface area (Å²) < 4.78 is 15.9. The molecule has 26 heavy (non-hydrogen) atoms. The van der Waals surface area contributed by atoms with Gasteiger partial charge in [-0.1, -0.05) is 13.8 Å². The summed E-state index contributed by atoms with van der Waals surface area (Å²) in [6, 6.07) is -0.415. The van der Waals surface area contributed by atoms with Gasteiger partial charge in [-0.05, 0) is 37.0 Å². The highest BCUT2D eigenvalue weighted by Crippen LogP contribution is 2.25. The van der Waals surface area contributed by atoms with E-state index in [0.717, 1.165) is 4.90 Å². The number of imide groups is 1. The Bertz CT molecular complexity index is 611. The maximum Gasteiger partial charge on any atom is 0.417 e. The van der Waals surface area contributed by atoms with Crippen molar-refractivity contribution >= 4 is 17.8 Å². The van der Waals surface area contributed by atoms with E-state index in [9.17, 15) is 14.4 Å². The van der Waals surface area contributed by atoms with Gasteiger partial charge in [0.25, 0.3) is 5.91 Å². The number of unbranched alkanes of at least 4 members (excludes halogenated alkanes) is 1. The summed E-state index contributed by atoms with van der Waals surface area (Å²) in [7, 11) is 1.29. The van der Waals surface area contributed by atoms with Crippen molar-refractivity contribution in [3.8, 4) is 0 Å². The first kappa shape index (κ1) is 20.1. The van der Waals surface area contributed by atoms with Crippen LogP contribution in [0, 0.1) is 5.92 Å². The van der Waals surface area contributed by atoms with E-state index in [1.165, 1.54) is 19.3 Å². The number of carbonyl (C=O) groups excluding carboxylic acids is 3. The molecule has 1 saturated heterocycles. The summed E-state index contributed by atoms with van der Waals surface area (Å²) in [5.41, 5.74) is 0. The molecule has 0 unspecified atom stereocenters. The minimum atomic E-state index is -1.26. The molecule has 2 rings (SSSR count). The van der Waals surface area contributed by atoms with Crippen LogP contribution >= 0.6 is 0 Å². The van der Waals surface area contributed by atoms with E-state index in [-0.39, 0.29) is 19.1 Å². The molecule has 0 bridgehead atoms. The minimum Gasteiger partial charge on any atom is -0.479 e. The first-order valence-corrected chi connectivity index (χ1v) is 8.63. The zero-order chi connectivity index (χ0) is 19.3. The van der Waals surface area contributed by atoms with Gasteiger partial charge >= 0.3 is 6.09 Å². The Balaban J connectivity index is 2.19. The minimum absolute atomic E-state index is 0.000263. The molecule has 0 radical (unpaired) electrons. The molecule has 144 valence electrons. The van der Waals surface area contributed by atoms with Crippen LogP contribution < -0.4 is 0 Å². The van der Waals surface area contributed by atoms with Crippen molar-refractivity contribution in [2.24, 2.45) is 5.92 Å². The number of amides is 2. The fraction of sp³-hybridized carbons (Fsp3) is 0.611. The zero-order valence-corrected chi connectivity index (χ0v) is 15.2. The van der Waals surface area contributed by atoms with Gasteiger partial charge in [0.1, 0.15) is 12.4 Å². The van der Waals surface area contributed by atoms with Crippen molar-refractivity contribution < 1.29 is 33.7 Å². The first-order chi connectivity index (χ1) is 12.4. The normalized spacial score (nSPS) is 25.6. The van der Waals surface area contributed by atoms with Gasteiger partial charge in [-0.25, -0.2) is 9.69 Å². The number of ether oxygens (including phenoxy) is 3. The highest BCUT2D eigenvalue weighted by Gasteiger charge is 2.46. The molecule has 2 amide bonds. The summed E-state index contributed by atoms with van der Waals surface area (Å²) in [5, 5.41) is 8.85. The van der Waals surface area contributed by atoms with E-state index >= 15 is 0 Å². The largest absolute Gasteiger partial charge is 0.479 e. The monoisotopic (exact) mass is 367 g/mol. The maximum absolute atomic E-state index is 12.9. The number of methoxy groups -OCH3 is 1. The Labute approximate surface area is 152 Å². The van der Waals surface area contributed by atoms with Crippen LogP contribution in [-0.4, -0.2) is 66.4 Å². The zero-order valence-electron chi connectivity index (χ0n) is 15.2. The van der Waals surface area contributed by atoms with Crippen molar-refractivity contribution in [3.05, 3.63) is 24.0 Å². The fourth-order valence-corrected chi connectivity index (χ4v) is 2.84.